The molecule has 13 atom stereocenters. The molecule has 0 aromatic rings. The van der Waals surface area contributed by atoms with Crippen LogP contribution in [0.15, 0.2) is 11.6 Å². The van der Waals surface area contributed by atoms with Crippen LogP contribution in [0.4, 0.5) is 0 Å². The predicted molar refractivity (Wildman–Crippen MR) is 198 cm³/mol. The third kappa shape index (κ3) is 6.45. The number of aliphatic hydroxyl groups excluding tert-OH is 1. The van der Waals surface area contributed by atoms with Gasteiger partial charge in [-0.05, 0) is 109 Å². The van der Waals surface area contributed by atoms with Gasteiger partial charge in [0.25, 0.3) is 0 Å². The number of aliphatic carboxylic acids is 1. The van der Waals surface area contributed by atoms with Gasteiger partial charge in [-0.2, -0.15) is 0 Å². The highest BCUT2D eigenvalue weighted by Crippen LogP contribution is 2.76. The topological polar surface area (TPSA) is 163 Å². The van der Waals surface area contributed by atoms with Crippen LogP contribution in [0.3, 0.4) is 0 Å². The van der Waals surface area contributed by atoms with Crippen molar-refractivity contribution in [3.8, 4) is 0 Å². The minimum atomic E-state index is -1.78. The molecule has 0 bridgehead atoms. The van der Waals surface area contributed by atoms with Crippen LogP contribution in [0.2, 0.25) is 0 Å². The number of fused-ring (bicyclic) bond motifs is 7. The van der Waals surface area contributed by atoms with Gasteiger partial charge in [-0.25, -0.2) is 4.79 Å². The van der Waals surface area contributed by atoms with E-state index in [2.05, 4.69) is 54.5 Å². The second kappa shape index (κ2) is 13.7. The van der Waals surface area contributed by atoms with Crippen molar-refractivity contribution in [1.82, 2.24) is 0 Å². The van der Waals surface area contributed by atoms with Gasteiger partial charge in [0.05, 0.1) is 6.10 Å². The van der Waals surface area contributed by atoms with Crippen molar-refractivity contribution in [3.05, 3.63) is 11.6 Å². The Kier molecular flexibility index (Phi) is 10.4. The Hall–Kier alpha value is -2.79. The van der Waals surface area contributed by atoms with Crippen LogP contribution in [0.25, 0.3) is 0 Å². The Morgan fingerprint density at radius 2 is 1.41 bits per heavy atom. The van der Waals surface area contributed by atoms with E-state index < -0.39 is 60.5 Å². The zero-order valence-electron chi connectivity index (χ0n) is 34.1. The molecule has 11 nitrogen and oxygen atoms in total. The molecule has 6 rings (SSSR count). The first kappa shape index (κ1) is 40.9. The lowest BCUT2D eigenvalue weighted by Crippen LogP contribution is -2.66. The van der Waals surface area contributed by atoms with Gasteiger partial charge in [0.2, 0.25) is 0 Å². The van der Waals surface area contributed by atoms with Gasteiger partial charge >= 0.3 is 23.9 Å². The summed E-state index contributed by atoms with van der Waals surface area (Å²) in [4.78, 5) is 62.8. The summed E-state index contributed by atoms with van der Waals surface area (Å²) < 4.78 is 22.6. The summed E-state index contributed by atoms with van der Waals surface area (Å²) in [5.41, 5.74) is 0.835. The first-order valence-corrected chi connectivity index (χ1v) is 20.2. The van der Waals surface area contributed by atoms with Crippen LogP contribution in [-0.2, 0) is 42.9 Å². The Balaban J connectivity index is 1.37. The van der Waals surface area contributed by atoms with E-state index in [-0.39, 0.29) is 44.8 Å². The molecule has 1 saturated heterocycles. The van der Waals surface area contributed by atoms with Crippen molar-refractivity contribution in [3.63, 3.8) is 0 Å². The van der Waals surface area contributed by atoms with Crippen LogP contribution in [0.5, 0.6) is 0 Å². The molecule has 5 unspecified atom stereocenters. The third-order valence-corrected chi connectivity index (χ3v) is 16.3. The number of carbonyl (C=O) groups excluding carboxylic acids is 4. The molecular weight excluding hydrogens is 692 g/mol. The Bertz CT molecular complexity index is 1600. The molecule has 0 amide bonds. The molecule has 2 N–H and O–H groups in total. The Morgan fingerprint density at radius 3 is 2.02 bits per heavy atom. The van der Waals surface area contributed by atoms with Gasteiger partial charge in [0.1, 0.15) is 11.9 Å². The number of hydrogen-bond acceptors (Lipinski definition) is 10. The number of hydrogen-bond donors (Lipinski definition) is 2. The average molecular weight is 757 g/mol. The van der Waals surface area contributed by atoms with E-state index in [1.165, 1.54) is 12.5 Å². The molecule has 11 heteroatoms. The van der Waals surface area contributed by atoms with Crippen LogP contribution in [-0.4, -0.2) is 76.5 Å². The number of esters is 3. The number of rotatable bonds is 7. The molecule has 6 aliphatic rings. The Morgan fingerprint density at radius 1 is 0.815 bits per heavy atom. The number of ketones is 1. The number of allylic oxidation sites excluding steroid dienone is 2. The molecule has 5 fully saturated rings. The van der Waals surface area contributed by atoms with Gasteiger partial charge in [-0.3, -0.25) is 19.2 Å². The van der Waals surface area contributed by atoms with Crippen LogP contribution >= 0.6 is 0 Å². The monoisotopic (exact) mass is 756 g/mol. The maximum Gasteiger partial charge on any atom is 0.336 e. The van der Waals surface area contributed by atoms with E-state index in [0.717, 1.165) is 71.6 Å². The summed E-state index contributed by atoms with van der Waals surface area (Å²) in [6.07, 6.45) is 2.90. The fourth-order valence-corrected chi connectivity index (χ4v) is 13.4. The van der Waals surface area contributed by atoms with Crippen LogP contribution in [0, 0.1) is 50.2 Å². The highest BCUT2D eigenvalue weighted by molar-refractivity contribution is 5.85. The quantitative estimate of drug-likeness (QED) is 0.160. The molecule has 5 aliphatic carbocycles. The highest BCUT2D eigenvalue weighted by Gasteiger charge is 2.69. The number of carboxylic acid groups (broad SMARTS) is 1. The van der Waals surface area contributed by atoms with Crippen molar-refractivity contribution >= 4 is 29.7 Å². The molecule has 0 aromatic carbocycles. The molecular formula is C43H64O11. The molecule has 302 valence electrons. The first-order valence-electron chi connectivity index (χ1n) is 20.2. The van der Waals surface area contributed by atoms with Gasteiger partial charge in [-0.1, -0.05) is 60.1 Å². The maximum atomic E-state index is 13.2. The summed E-state index contributed by atoms with van der Waals surface area (Å²) >= 11 is 0. The third-order valence-electron chi connectivity index (χ3n) is 16.3. The fourth-order valence-electron chi connectivity index (χ4n) is 13.4. The fraction of sp³-hybridized carbons (Fsp3) is 0.837. The molecule has 1 aliphatic heterocycles. The number of Topliss-reactive ketones (excluding diaryl/α,β-unsaturated/α-hetero) is 1. The SMILES string of the molecule is CC(=O)OC1[C@H]([C@H](O)C[C@]23CCC(C)(C)CC2C2=CCC4[C@@]5(C)CCC(=O)C(C)(C)C5CC[C@@]4(C)[C@]2(C)CC3)OC(C(=O)O)[C@@H](OC(C)=O)[C@@H]1OC(C)=O. The van der Waals surface area contributed by atoms with Crippen molar-refractivity contribution in [2.24, 2.45) is 50.2 Å². The van der Waals surface area contributed by atoms with E-state index in [0.29, 0.717) is 24.0 Å². The van der Waals surface area contributed by atoms with Gasteiger partial charge in [0, 0.05) is 32.6 Å². The maximum absolute atomic E-state index is 13.2. The first-order chi connectivity index (χ1) is 24.9. The summed E-state index contributed by atoms with van der Waals surface area (Å²) in [5, 5.41) is 22.6. The minimum absolute atomic E-state index is 0.0236. The van der Waals surface area contributed by atoms with Crippen molar-refractivity contribution < 1.29 is 53.1 Å². The zero-order chi connectivity index (χ0) is 40.0. The van der Waals surface area contributed by atoms with E-state index in [1.807, 2.05) is 0 Å². The zero-order valence-corrected chi connectivity index (χ0v) is 34.1. The highest BCUT2D eigenvalue weighted by atomic mass is 16.7. The molecule has 1 heterocycles. The smallest absolute Gasteiger partial charge is 0.336 e. The van der Waals surface area contributed by atoms with E-state index in [1.54, 1.807) is 0 Å². The number of carboxylic acids is 1. The minimum Gasteiger partial charge on any atom is -0.479 e. The van der Waals surface area contributed by atoms with Crippen molar-refractivity contribution in [2.45, 2.75) is 176 Å². The molecule has 54 heavy (non-hydrogen) atoms. The summed E-state index contributed by atoms with van der Waals surface area (Å²) in [6, 6.07) is 0. The lowest BCUT2D eigenvalue weighted by atomic mass is 9.33. The number of aliphatic hydroxyl groups is 1. The molecule has 4 saturated carbocycles. The standard InChI is InChI=1S/C43H64O11/c1-23(44)51-33-32(54-36(37(49)50)35(53-25(3)46)34(33)52-24(2)45)28(47)22-43-19-17-38(4,5)21-27(43)26-11-12-30-40(8)15-14-31(48)39(6,7)29(40)13-16-42(30,10)41(26,9)18-20-43/h11,27-30,32-36,47H,12-22H2,1-10H3,(H,49,50)/t27?,28-,29?,30?,32+,33?,34-,35+,36?,40+,41-,42-,43-/m1/s1. The van der Waals surface area contributed by atoms with Crippen LogP contribution in [0.1, 0.15) is 140 Å². The second-order valence-electron chi connectivity index (χ2n) is 20.1. The molecule has 0 spiro atoms. The summed E-state index contributed by atoms with van der Waals surface area (Å²) in [7, 11) is 0. The number of carbonyl (C=O) groups is 5. The van der Waals surface area contributed by atoms with E-state index >= 15 is 0 Å². The lowest BCUT2D eigenvalue weighted by molar-refractivity contribution is -0.263. The lowest BCUT2D eigenvalue weighted by Gasteiger charge is -2.71. The molecule has 0 aromatic heterocycles. The normalized spacial score (nSPS) is 44.1. The Labute approximate surface area is 320 Å². The van der Waals surface area contributed by atoms with Gasteiger partial charge in [0.15, 0.2) is 24.4 Å². The van der Waals surface area contributed by atoms with Crippen LogP contribution < -0.4 is 0 Å². The van der Waals surface area contributed by atoms with Crippen molar-refractivity contribution in [2.75, 3.05) is 0 Å². The van der Waals surface area contributed by atoms with E-state index in [4.69, 9.17) is 18.9 Å². The largest absolute Gasteiger partial charge is 0.479 e. The molecule has 0 radical (unpaired) electrons. The summed E-state index contributed by atoms with van der Waals surface area (Å²) in [6.45, 7) is 19.8. The van der Waals surface area contributed by atoms with Gasteiger partial charge < -0.3 is 29.2 Å². The summed E-state index contributed by atoms with van der Waals surface area (Å²) in [5.74, 6) is -2.51. The average Bonchev–Trinajstić information content (AvgIpc) is 3.04. The van der Waals surface area contributed by atoms with Crippen molar-refractivity contribution in [1.29, 1.82) is 0 Å². The second-order valence-corrected chi connectivity index (χ2v) is 20.1. The van der Waals surface area contributed by atoms with Gasteiger partial charge in [-0.15, -0.1) is 0 Å². The van der Waals surface area contributed by atoms with E-state index in [9.17, 15) is 34.2 Å². The number of ether oxygens (including phenoxy) is 4. The predicted octanol–water partition coefficient (Wildman–Crippen LogP) is 6.76.